The number of rotatable bonds is 2. The maximum absolute atomic E-state index is 12.9. The molecule has 1 aromatic carbocycles. The summed E-state index contributed by atoms with van der Waals surface area (Å²) in [6.45, 7) is 1.40. The van der Waals surface area contributed by atoms with E-state index in [0.717, 1.165) is 0 Å². The molecule has 1 N–H and O–H groups in total. The van der Waals surface area contributed by atoms with Crippen LogP contribution in [0, 0.1) is 17.5 Å². The SMILES string of the molecule is C[C@@H](O)Cc1c(F)cc(F)cc1F. The van der Waals surface area contributed by atoms with E-state index in [1.807, 2.05) is 0 Å². The summed E-state index contributed by atoms with van der Waals surface area (Å²) in [5, 5.41) is 8.90. The van der Waals surface area contributed by atoms with Crippen LogP contribution in [-0.2, 0) is 6.42 Å². The number of hydrogen-bond donors (Lipinski definition) is 1. The Morgan fingerprint density at radius 2 is 1.69 bits per heavy atom. The molecule has 4 heteroatoms. The third kappa shape index (κ3) is 2.45. The maximum Gasteiger partial charge on any atom is 0.132 e. The fraction of sp³-hybridized carbons (Fsp3) is 0.333. The summed E-state index contributed by atoms with van der Waals surface area (Å²) in [5.74, 6) is -2.87. The van der Waals surface area contributed by atoms with Crippen LogP contribution >= 0.6 is 0 Å². The van der Waals surface area contributed by atoms with Gasteiger partial charge in [0, 0.05) is 24.1 Å². The summed E-state index contributed by atoms with van der Waals surface area (Å²) in [4.78, 5) is 0. The zero-order valence-electron chi connectivity index (χ0n) is 7.02. The van der Waals surface area contributed by atoms with Crippen LogP contribution in [-0.4, -0.2) is 11.2 Å². The highest BCUT2D eigenvalue weighted by molar-refractivity contribution is 5.21. The average molecular weight is 190 g/mol. The van der Waals surface area contributed by atoms with E-state index in [9.17, 15) is 13.2 Å². The highest BCUT2D eigenvalue weighted by Gasteiger charge is 2.12. The normalized spacial score (nSPS) is 13.0. The third-order valence-corrected chi connectivity index (χ3v) is 1.61. The quantitative estimate of drug-likeness (QED) is 0.756. The molecule has 0 amide bonds. The molecule has 0 fully saturated rings. The molecule has 1 atom stereocenters. The topological polar surface area (TPSA) is 20.2 Å². The lowest BCUT2D eigenvalue weighted by molar-refractivity contribution is 0.192. The highest BCUT2D eigenvalue weighted by Crippen LogP contribution is 2.16. The van der Waals surface area contributed by atoms with Crippen molar-refractivity contribution in [3.8, 4) is 0 Å². The minimum atomic E-state index is -0.960. The Morgan fingerprint density at radius 3 is 2.08 bits per heavy atom. The number of benzene rings is 1. The fourth-order valence-electron chi connectivity index (χ4n) is 1.06. The van der Waals surface area contributed by atoms with E-state index in [1.165, 1.54) is 6.92 Å². The second-order valence-corrected chi connectivity index (χ2v) is 2.90. The summed E-state index contributed by atoms with van der Waals surface area (Å²) in [6.07, 6.45) is -1.01. The molecule has 0 heterocycles. The Kier molecular flexibility index (Phi) is 2.93. The van der Waals surface area contributed by atoms with E-state index in [0.29, 0.717) is 12.1 Å². The van der Waals surface area contributed by atoms with Gasteiger partial charge in [-0.1, -0.05) is 0 Å². The predicted octanol–water partition coefficient (Wildman–Crippen LogP) is 2.03. The molecule has 0 bridgehead atoms. The van der Waals surface area contributed by atoms with Crippen molar-refractivity contribution in [3.05, 3.63) is 35.1 Å². The molecule has 0 aliphatic carbocycles. The van der Waals surface area contributed by atoms with Gasteiger partial charge in [0.1, 0.15) is 17.5 Å². The van der Waals surface area contributed by atoms with Crippen LogP contribution in [0.1, 0.15) is 12.5 Å². The van der Waals surface area contributed by atoms with Crippen LogP contribution < -0.4 is 0 Å². The first-order valence-electron chi connectivity index (χ1n) is 3.82. The van der Waals surface area contributed by atoms with Gasteiger partial charge in [-0.3, -0.25) is 0 Å². The third-order valence-electron chi connectivity index (χ3n) is 1.61. The lowest BCUT2D eigenvalue weighted by Crippen LogP contribution is -2.08. The molecule has 13 heavy (non-hydrogen) atoms. The van der Waals surface area contributed by atoms with Crippen LogP contribution in [0.3, 0.4) is 0 Å². The largest absolute Gasteiger partial charge is 0.393 e. The van der Waals surface area contributed by atoms with E-state index in [4.69, 9.17) is 5.11 Å². The van der Waals surface area contributed by atoms with Crippen molar-refractivity contribution in [2.75, 3.05) is 0 Å². The molecule has 1 rings (SSSR count). The van der Waals surface area contributed by atoms with Crippen LogP contribution in [0.4, 0.5) is 13.2 Å². The Balaban J connectivity index is 3.06. The average Bonchev–Trinajstić information content (AvgIpc) is 1.96. The standard InChI is InChI=1S/C9H9F3O/c1-5(13)2-7-8(11)3-6(10)4-9(7)12/h3-5,13H,2H2,1H3/t5-/m1/s1. The van der Waals surface area contributed by atoms with Gasteiger partial charge < -0.3 is 5.11 Å². The second-order valence-electron chi connectivity index (χ2n) is 2.90. The molecular formula is C9H9F3O. The van der Waals surface area contributed by atoms with Crippen LogP contribution in [0.15, 0.2) is 12.1 Å². The predicted molar refractivity (Wildman–Crippen MR) is 41.7 cm³/mol. The number of halogens is 3. The fourth-order valence-corrected chi connectivity index (χ4v) is 1.06. The van der Waals surface area contributed by atoms with Crippen LogP contribution in [0.25, 0.3) is 0 Å². The number of aliphatic hydroxyl groups excluding tert-OH is 1. The van der Waals surface area contributed by atoms with Crippen molar-refractivity contribution in [1.29, 1.82) is 0 Å². The lowest BCUT2D eigenvalue weighted by Gasteiger charge is -2.06. The van der Waals surface area contributed by atoms with Crippen molar-refractivity contribution >= 4 is 0 Å². The highest BCUT2D eigenvalue weighted by atomic mass is 19.1. The summed E-state index contributed by atoms with van der Waals surface area (Å²) in [5.41, 5.74) is -0.281. The minimum Gasteiger partial charge on any atom is -0.393 e. The monoisotopic (exact) mass is 190 g/mol. The zero-order valence-corrected chi connectivity index (χ0v) is 7.02. The summed E-state index contributed by atoms with van der Waals surface area (Å²) in [7, 11) is 0. The van der Waals surface area contributed by atoms with E-state index in [-0.39, 0.29) is 12.0 Å². The summed E-state index contributed by atoms with van der Waals surface area (Å²) < 4.78 is 38.2. The van der Waals surface area contributed by atoms with Gasteiger partial charge in [0.2, 0.25) is 0 Å². The molecule has 0 saturated heterocycles. The van der Waals surface area contributed by atoms with Gasteiger partial charge in [-0.25, -0.2) is 13.2 Å². The molecule has 0 spiro atoms. The Hall–Kier alpha value is -1.03. The molecular weight excluding hydrogens is 181 g/mol. The zero-order chi connectivity index (χ0) is 10.0. The van der Waals surface area contributed by atoms with E-state index in [2.05, 4.69) is 0 Å². The minimum absolute atomic E-state index is 0.155. The Bertz CT molecular complexity index is 287. The smallest absolute Gasteiger partial charge is 0.132 e. The van der Waals surface area contributed by atoms with Gasteiger partial charge >= 0.3 is 0 Å². The summed E-state index contributed by atoms with van der Waals surface area (Å²) >= 11 is 0. The second kappa shape index (κ2) is 3.79. The van der Waals surface area contributed by atoms with Gasteiger partial charge in [0.15, 0.2) is 0 Å². The molecule has 1 nitrogen and oxygen atoms in total. The van der Waals surface area contributed by atoms with Crippen LogP contribution in [0.2, 0.25) is 0 Å². The first-order chi connectivity index (χ1) is 6.00. The lowest BCUT2D eigenvalue weighted by atomic mass is 10.1. The number of hydrogen-bond acceptors (Lipinski definition) is 1. The van der Waals surface area contributed by atoms with Gasteiger partial charge in [0.25, 0.3) is 0 Å². The summed E-state index contributed by atoms with van der Waals surface area (Å²) in [6, 6.07) is 1.20. The van der Waals surface area contributed by atoms with Gasteiger partial charge in [0.05, 0.1) is 6.10 Å². The molecule has 0 aliphatic rings. The van der Waals surface area contributed by atoms with E-state index in [1.54, 1.807) is 0 Å². The maximum atomic E-state index is 12.9. The van der Waals surface area contributed by atoms with Crippen molar-refractivity contribution in [2.45, 2.75) is 19.4 Å². The van der Waals surface area contributed by atoms with Crippen LogP contribution in [0.5, 0.6) is 0 Å². The molecule has 72 valence electrons. The van der Waals surface area contributed by atoms with Crippen molar-refractivity contribution < 1.29 is 18.3 Å². The first kappa shape index (κ1) is 10.1. The molecule has 0 radical (unpaired) electrons. The molecule has 0 saturated carbocycles. The van der Waals surface area contributed by atoms with Gasteiger partial charge in [-0.15, -0.1) is 0 Å². The molecule has 1 aromatic rings. The van der Waals surface area contributed by atoms with Crippen molar-refractivity contribution in [1.82, 2.24) is 0 Å². The molecule has 0 aromatic heterocycles. The van der Waals surface area contributed by atoms with Crippen molar-refractivity contribution in [3.63, 3.8) is 0 Å². The van der Waals surface area contributed by atoms with Gasteiger partial charge in [-0.2, -0.15) is 0 Å². The van der Waals surface area contributed by atoms with Gasteiger partial charge in [-0.05, 0) is 6.92 Å². The molecule has 0 aliphatic heterocycles. The Morgan fingerprint density at radius 1 is 1.23 bits per heavy atom. The first-order valence-corrected chi connectivity index (χ1v) is 3.82. The van der Waals surface area contributed by atoms with E-state index < -0.39 is 23.6 Å². The molecule has 0 unspecified atom stereocenters. The van der Waals surface area contributed by atoms with E-state index >= 15 is 0 Å². The van der Waals surface area contributed by atoms with Crippen molar-refractivity contribution in [2.24, 2.45) is 0 Å². The number of aliphatic hydroxyl groups is 1. The Labute approximate surface area is 73.8 Å².